The molecule has 0 unspecified atom stereocenters. The van der Waals surface area contributed by atoms with Crippen molar-refractivity contribution in [2.75, 3.05) is 6.61 Å². The lowest BCUT2D eigenvalue weighted by Crippen LogP contribution is -2.23. The number of carbonyl (C=O) groups is 1. The van der Waals surface area contributed by atoms with Gasteiger partial charge in [0, 0.05) is 11.1 Å². The van der Waals surface area contributed by atoms with Gasteiger partial charge in [-0.3, -0.25) is 4.79 Å². The molecule has 1 heterocycles. The van der Waals surface area contributed by atoms with Crippen LogP contribution in [0.15, 0.2) is 53.1 Å². The summed E-state index contributed by atoms with van der Waals surface area (Å²) in [6, 6.07) is 14.8. The number of amides is 1. The smallest absolute Gasteiger partial charge is 0.257 e. The molecule has 3 aromatic rings. The van der Waals surface area contributed by atoms with Gasteiger partial charge in [0.05, 0.1) is 13.2 Å². The Hall–Kier alpha value is -3.15. The summed E-state index contributed by atoms with van der Waals surface area (Å²) in [5.74, 6) is 1.40. The Kier molecular flexibility index (Phi) is 5.09. The number of ether oxygens (including phenoxy) is 1. The van der Waals surface area contributed by atoms with E-state index in [9.17, 15) is 4.79 Å². The van der Waals surface area contributed by atoms with Crippen molar-refractivity contribution in [3.63, 3.8) is 0 Å². The fourth-order valence-corrected chi connectivity index (χ4v) is 2.35. The molecule has 0 fully saturated rings. The monoisotopic (exact) mass is 337 g/mol. The van der Waals surface area contributed by atoms with E-state index < -0.39 is 0 Å². The van der Waals surface area contributed by atoms with Gasteiger partial charge in [-0.15, -0.1) is 0 Å². The van der Waals surface area contributed by atoms with Crippen molar-refractivity contribution in [2.45, 2.75) is 20.4 Å². The SMILES string of the molecule is CCOc1ccc(C(=O)NCc2noc(-c3cccc(C)c3)n2)cc1. The number of carbonyl (C=O) groups excluding carboxylic acids is 1. The fourth-order valence-electron chi connectivity index (χ4n) is 2.35. The number of hydrogen-bond acceptors (Lipinski definition) is 5. The summed E-state index contributed by atoms with van der Waals surface area (Å²) in [5, 5.41) is 6.68. The number of benzene rings is 2. The molecule has 0 aliphatic heterocycles. The van der Waals surface area contributed by atoms with Crippen molar-refractivity contribution in [3.8, 4) is 17.2 Å². The van der Waals surface area contributed by atoms with Crippen molar-refractivity contribution >= 4 is 5.91 Å². The molecule has 2 aromatic carbocycles. The van der Waals surface area contributed by atoms with E-state index in [0.29, 0.717) is 23.9 Å². The maximum atomic E-state index is 12.2. The number of aryl methyl sites for hydroxylation is 1. The van der Waals surface area contributed by atoms with Crippen LogP contribution in [0.5, 0.6) is 5.75 Å². The molecule has 128 valence electrons. The summed E-state index contributed by atoms with van der Waals surface area (Å²) in [4.78, 5) is 16.5. The summed E-state index contributed by atoms with van der Waals surface area (Å²) in [6.07, 6.45) is 0. The lowest BCUT2D eigenvalue weighted by molar-refractivity contribution is 0.0949. The van der Waals surface area contributed by atoms with Gasteiger partial charge in [-0.1, -0.05) is 22.9 Å². The van der Waals surface area contributed by atoms with Gasteiger partial charge in [0.2, 0.25) is 0 Å². The lowest BCUT2D eigenvalue weighted by Gasteiger charge is -2.05. The van der Waals surface area contributed by atoms with Gasteiger partial charge < -0.3 is 14.6 Å². The molecule has 1 amide bonds. The standard InChI is InChI=1S/C19H19N3O3/c1-3-24-16-9-7-14(8-10-16)18(23)20-12-17-21-19(25-22-17)15-6-4-5-13(2)11-15/h4-11H,3,12H2,1-2H3,(H,20,23). The van der Waals surface area contributed by atoms with Crippen molar-refractivity contribution in [1.82, 2.24) is 15.5 Å². The van der Waals surface area contributed by atoms with Crippen LogP contribution >= 0.6 is 0 Å². The van der Waals surface area contributed by atoms with Gasteiger partial charge in [-0.05, 0) is 50.2 Å². The minimum atomic E-state index is -0.204. The first-order valence-corrected chi connectivity index (χ1v) is 8.06. The molecule has 0 bridgehead atoms. The van der Waals surface area contributed by atoms with Gasteiger partial charge in [-0.25, -0.2) is 0 Å². The number of nitrogens with zero attached hydrogens (tertiary/aromatic N) is 2. The normalized spacial score (nSPS) is 10.5. The van der Waals surface area contributed by atoms with E-state index in [-0.39, 0.29) is 12.5 Å². The van der Waals surface area contributed by atoms with Crippen molar-refractivity contribution in [2.24, 2.45) is 0 Å². The molecule has 25 heavy (non-hydrogen) atoms. The maximum Gasteiger partial charge on any atom is 0.257 e. The Morgan fingerprint density at radius 3 is 2.72 bits per heavy atom. The Bertz CT molecular complexity index is 856. The first kappa shape index (κ1) is 16.7. The molecule has 0 saturated carbocycles. The second kappa shape index (κ2) is 7.61. The second-order valence-corrected chi connectivity index (χ2v) is 5.53. The Morgan fingerprint density at radius 1 is 1.20 bits per heavy atom. The Balaban J connectivity index is 1.61. The molecule has 0 atom stereocenters. The van der Waals surface area contributed by atoms with Gasteiger partial charge in [0.25, 0.3) is 11.8 Å². The van der Waals surface area contributed by atoms with E-state index in [1.807, 2.05) is 38.1 Å². The fraction of sp³-hybridized carbons (Fsp3) is 0.211. The van der Waals surface area contributed by atoms with Crippen LogP contribution < -0.4 is 10.1 Å². The molecule has 0 spiro atoms. The number of nitrogens with one attached hydrogen (secondary N) is 1. The molecule has 0 aliphatic rings. The van der Waals surface area contributed by atoms with Gasteiger partial charge in [0.1, 0.15) is 5.75 Å². The van der Waals surface area contributed by atoms with E-state index in [1.54, 1.807) is 24.3 Å². The van der Waals surface area contributed by atoms with Gasteiger partial charge in [-0.2, -0.15) is 4.98 Å². The summed E-state index contributed by atoms with van der Waals surface area (Å²) in [5.41, 5.74) is 2.52. The molecule has 3 rings (SSSR count). The van der Waals surface area contributed by atoms with Crippen LogP contribution in [0.4, 0.5) is 0 Å². The molecular formula is C19H19N3O3. The summed E-state index contributed by atoms with van der Waals surface area (Å²) in [7, 11) is 0. The predicted molar refractivity (Wildman–Crippen MR) is 93.3 cm³/mol. The third-order valence-corrected chi connectivity index (χ3v) is 3.57. The molecule has 0 saturated heterocycles. The quantitative estimate of drug-likeness (QED) is 0.746. The summed E-state index contributed by atoms with van der Waals surface area (Å²) >= 11 is 0. The van der Waals surface area contributed by atoms with E-state index in [1.165, 1.54) is 0 Å². The summed E-state index contributed by atoms with van der Waals surface area (Å²) < 4.78 is 10.6. The molecule has 0 radical (unpaired) electrons. The van der Waals surface area contributed by atoms with Crippen LogP contribution in [-0.4, -0.2) is 22.7 Å². The molecule has 6 heteroatoms. The highest BCUT2D eigenvalue weighted by Gasteiger charge is 2.11. The van der Waals surface area contributed by atoms with Crippen LogP contribution in [0.2, 0.25) is 0 Å². The largest absolute Gasteiger partial charge is 0.494 e. The van der Waals surface area contributed by atoms with Crippen LogP contribution in [-0.2, 0) is 6.54 Å². The zero-order valence-electron chi connectivity index (χ0n) is 14.2. The van der Waals surface area contributed by atoms with E-state index in [0.717, 1.165) is 16.9 Å². The van der Waals surface area contributed by atoms with Crippen LogP contribution in [0, 0.1) is 6.92 Å². The topological polar surface area (TPSA) is 77.2 Å². The molecule has 0 aliphatic carbocycles. The van der Waals surface area contributed by atoms with Gasteiger partial charge in [0.15, 0.2) is 5.82 Å². The van der Waals surface area contributed by atoms with Crippen LogP contribution in [0.25, 0.3) is 11.5 Å². The van der Waals surface area contributed by atoms with Crippen molar-refractivity contribution in [1.29, 1.82) is 0 Å². The van der Waals surface area contributed by atoms with Crippen molar-refractivity contribution < 1.29 is 14.1 Å². The highest BCUT2D eigenvalue weighted by atomic mass is 16.5. The predicted octanol–water partition coefficient (Wildman–Crippen LogP) is 3.37. The highest BCUT2D eigenvalue weighted by Crippen LogP contribution is 2.18. The molecule has 6 nitrogen and oxygen atoms in total. The van der Waals surface area contributed by atoms with E-state index in [2.05, 4.69) is 15.5 Å². The summed E-state index contributed by atoms with van der Waals surface area (Å²) in [6.45, 7) is 4.70. The zero-order chi connectivity index (χ0) is 17.6. The number of hydrogen-bond donors (Lipinski definition) is 1. The Labute approximate surface area is 145 Å². The first-order valence-electron chi connectivity index (χ1n) is 8.06. The highest BCUT2D eigenvalue weighted by molar-refractivity contribution is 5.94. The minimum absolute atomic E-state index is 0.196. The van der Waals surface area contributed by atoms with Crippen molar-refractivity contribution in [3.05, 3.63) is 65.5 Å². The molecule has 1 N–H and O–H groups in total. The Morgan fingerprint density at radius 2 is 2.00 bits per heavy atom. The third-order valence-electron chi connectivity index (χ3n) is 3.57. The average molecular weight is 337 g/mol. The van der Waals surface area contributed by atoms with E-state index in [4.69, 9.17) is 9.26 Å². The molecule has 1 aromatic heterocycles. The zero-order valence-corrected chi connectivity index (χ0v) is 14.2. The van der Waals surface area contributed by atoms with Crippen LogP contribution in [0.3, 0.4) is 0 Å². The molecular weight excluding hydrogens is 318 g/mol. The van der Waals surface area contributed by atoms with Crippen LogP contribution in [0.1, 0.15) is 28.7 Å². The third kappa shape index (κ3) is 4.23. The maximum absolute atomic E-state index is 12.2. The number of aromatic nitrogens is 2. The number of rotatable bonds is 6. The lowest BCUT2D eigenvalue weighted by atomic mass is 10.1. The first-order chi connectivity index (χ1) is 12.2. The average Bonchev–Trinajstić information content (AvgIpc) is 3.10. The second-order valence-electron chi connectivity index (χ2n) is 5.53. The minimum Gasteiger partial charge on any atom is -0.494 e. The van der Waals surface area contributed by atoms with E-state index >= 15 is 0 Å². The van der Waals surface area contributed by atoms with Gasteiger partial charge >= 0.3 is 0 Å².